The largest absolute Gasteiger partial charge is 0.351 e. The van der Waals surface area contributed by atoms with Gasteiger partial charge in [0.05, 0.1) is 6.26 Å². The molecule has 0 saturated carbocycles. The smallest absolute Gasteiger partial charge is 0.251 e. The zero-order chi connectivity index (χ0) is 19.3. The Balaban J connectivity index is 1.97. The molecule has 1 N–H and O–H groups in total. The van der Waals surface area contributed by atoms with Gasteiger partial charge in [0.1, 0.15) is 0 Å². The van der Waals surface area contributed by atoms with Crippen LogP contribution in [-0.4, -0.2) is 38.0 Å². The van der Waals surface area contributed by atoms with Crippen LogP contribution in [0.4, 0.5) is 0 Å². The van der Waals surface area contributed by atoms with Crippen LogP contribution in [0.15, 0.2) is 42.5 Å². The Labute approximate surface area is 156 Å². The average Bonchev–Trinajstić information content (AvgIpc) is 2.57. The van der Waals surface area contributed by atoms with E-state index in [9.17, 15) is 13.2 Å². The standard InChI is InChI=1S/C20H26N2O3S/c1-15-5-8-18(9-6-15)14-22(26(4,24)25)12-11-21-20(23)19-10-7-16(2)17(3)13-19/h5-10,13H,11-12,14H2,1-4H3,(H,21,23). The highest BCUT2D eigenvalue weighted by atomic mass is 32.2. The normalized spacial score (nSPS) is 11.6. The maximum Gasteiger partial charge on any atom is 0.251 e. The summed E-state index contributed by atoms with van der Waals surface area (Å²) in [7, 11) is -3.37. The van der Waals surface area contributed by atoms with Gasteiger partial charge in [0.25, 0.3) is 5.91 Å². The average molecular weight is 375 g/mol. The van der Waals surface area contributed by atoms with Gasteiger partial charge in [0.2, 0.25) is 10.0 Å². The predicted molar refractivity (Wildman–Crippen MR) is 105 cm³/mol. The summed E-state index contributed by atoms with van der Waals surface area (Å²) in [4.78, 5) is 12.3. The van der Waals surface area contributed by atoms with Gasteiger partial charge >= 0.3 is 0 Å². The van der Waals surface area contributed by atoms with E-state index in [0.717, 1.165) is 22.3 Å². The monoisotopic (exact) mass is 374 g/mol. The molecule has 0 spiro atoms. The highest BCUT2D eigenvalue weighted by molar-refractivity contribution is 7.88. The second kappa shape index (κ2) is 8.47. The topological polar surface area (TPSA) is 66.5 Å². The third-order valence-corrected chi connectivity index (χ3v) is 5.61. The second-order valence-corrected chi connectivity index (χ2v) is 8.62. The second-order valence-electron chi connectivity index (χ2n) is 6.64. The Morgan fingerprint density at radius 1 is 1.00 bits per heavy atom. The lowest BCUT2D eigenvalue weighted by atomic mass is 10.1. The third-order valence-electron chi connectivity index (χ3n) is 4.36. The number of amides is 1. The summed E-state index contributed by atoms with van der Waals surface area (Å²) < 4.78 is 25.5. The Morgan fingerprint density at radius 2 is 1.65 bits per heavy atom. The molecule has 140 valence electrons. The molecule has 0 atom stereocenters. The van der Waals surface area contributed by atoms with Gasteiger partial charge in [-0.05, 0) is 49.6 Å². The number of aryl methyl sites for hydroxylation is 3. The molecule has 2 rings (SSSR count). The Morgan fingerprint density at radius 3 is 2.23 bits per heavy atom. The Hall–Kier alpha value is -2.18. The molecule has 6 heteroatoms. The van der Waals surface area contributed by atoms with Crippen molar-refractivity contribution < 1.29 is 13.2 Å². The molecule has 0 bridgehead atoms. The van der Waals surface area contributed by atoms with Crippen LogP contribution >= 0.6 is 0 Å². The van der Waals surface area contributed by atoms with E-state index in [1.807, 2.05) is 57.2 Å². The van der Waals surface area contributed by atoms with Crippen molar-refractivity contribution in [2.45, 2.75) is 27.3 Å². The van der Waals surface area contributed by atoms with E-state index < -0.39 is 10.0 Å². The summed E-state index contributed by atoms with van der Waals surface area (Å²) in [5, 5.41) is 2.80. The molecule has 0 saturated heterocycles. The van der Waals surface area contributed by atoms with E-state index in [4.69, 9.17) is 0 Å². The molecular weight excluding hydrogens is 348 g/mol. The van der Waals surface area contributed by atoms with Crippen molar-refractivity contribution in [3.8, 4) is 0 Å². The summed E-state index contributed by atoms with van der Waals surface area (Å²) in [5.74, 6) is -0.197. The minimum atomic E-state index is -3.37. The third kappa shape index (κ3) is 5.68. The molecule has 2 aromatic rings. The first-order chi connectivity index (χ1) is 12.2. The van der Waals surface area contributed by atoms with Crippen molar-refractivity contribution in [1.29, 1.82) is 0 Å². The minimum Gasteiger partial charge on any atom is -0.351 e. The van der Waals surface area contributed by atoms with Crippen molar-refractivity contribution in [3.63, 3.8) is 0 Å². The van der Waals surface area contributed by atoms with Gasteiger partial charge in [-0.2, -0.15) is 4.31 Å². The van der Waals surface area contributed by atoms with Gasteiger partial charge in [-0.1, -0.05) is 35.9 Å². The van der Waals surface area contributed by atoms with Crippen LogP contribution in [0.3, 0.4) is 0 Å². The summed E-state index contributed by atoms with van der Waals surface area (Å²) in [5.41, 5.74) is 4.80. The maximum atomic E-state index is 12.3. The Kier molecular flexibility index (Phi) is 6.56. The van der Waals surface area contributed by atoms with Gasteiger partial charge < -0.3 is 5.32 Å². The van der Waals surface area contributed by atoms with Crippen LogP contribution < -0.4 is 5.32 Å². The molecule has 0 heterocycles. The molecular formula is C20H26N2O3S. The van der Waals surface area contributed by atoms with Crippen LogP contribution in [0, 0.1) is 20.8 Å². The van der Waals surface area contributed by atoms with Crippen LogP contribution in [-0.2, 0) is 16.6 Å². The SMILES string of the molecule is Cc1ccc(CN(CCNC(=O)c2ccc(C)c(C)c2)S(C)(=O)=O)cc1. The number of rotatable bonds is 7. The van der Waals surface area contributed by atoms with Crippen LogP contribution in [0.1, 0.15) is 32.6 Å². The fourth-order valence-electron chi connectivity index (χ4n) is 2.54. The van der Waals surface area contributed by atoms with Gasteiger partial charge in [0.15, 0.2) is 0 Å². The fourth-order valence-corrected chi connectivity index (χ4v) is 3.34. The summed E-state index contributed by atoms with van der Waals surface area (Å²) >= 11 is 0. The van der Waals surface area contributed by atoms with Crippen molar-refractivity contribution in [1.82, 2.24) is 9.62 Å². The van der Waals surface area contributed by atoms with Crippen LogP contribution in [0.25, 0.3) is 0 Å². The van der Waals surface area contributed by atoms with Gasteiger partial charge in [-0.25, -0.2) is 8.42 Å². The number of nitrogens with one attached hydrogen (secondary N) is 1. The molecule has 0 unspecified atom stereocenters. The maximum absolute atomic E-state index is 12.3. The number of hydrogen-bond acceptors (Lipinski definition) is 3. The number of nitrogens with zero attached hydrogens (tertiary/aromatic N) is 1. The van der Waals surface area contributed by atoms with E-state index >= 15 is 0 Å². The molecule has 5 nitrogen and oxygen atoms in total. The lowest BCUT2D eigenvalue weighted by molar-refractivity contribution is 0.0951. The Bertz CT molecular complexity index is 874. The lowest BCUT2D eigenvalue weighted by Gasteiger charge is -2.20. The van der Waals surface area contributed by atoms with Crippen LogP contribution in [0.2, 0.25) is 0 Å². The number of hydrogen-bond donors (Lipinski definition) is 1. The highest BCUT2D eigenvalue weighted by Crippen LogP contribution is 2.11. The minimum absolute atomic E-state index is 0.197. The van der Waals surface area contributed by atoms with Crippen molar-refractivity contribution in [3.05, 3.63) is 70.3 Å². The zero-order valence-corrected chi connectivity index (χ0v) is 16.6. The first-order valence-electron chi connectivity index (χ1n) is 8.53. The molecule has 1 amide bonds. The van der Waals surface area contributed by atoms with Crippen molar-refractivity contribution in [2.75, 3.05) is 19.3 Å². The summed E-state index contributed by atoms with van der Waals surface area (Å²) in [6, 6.07) is 13.3. The molecule has 0 aliphatic rings. The highest BCUT2D eigenvalue weighted by Gasteiger charge is 2.17. The van der Waals surface area contributed by atoms with E-state index in [2.05, 4.69) is 5.32 Å². The van der Waals surface area contributed by atoms with Crippen LogP contribution in [0.5, 0.6) is 0 Å². The predicted octanol–water partition coefficient (Wildman–Crippen LogP) is 2.80. The molecule has 0 aromatic heterocycles. The lowest BCUT2D eigenvalue weighted by Crippen LogP contribution is -2.37. The molecule has 0 aliphatic heterocycles. The van der Waals surface area contributed by atoms with Gasteiger partial charge in [-0.3, -0.25) is 4.79 Å². The van der Waals surface area contributed by atoms with Gasteiger partial charge in [-0.15, -0.1) is 0 Å². The van der Waals surface area contributed by atoms with E-state index in [0.29, 0.717) is 12.1 Å². The first kappa shape index (κ1) is 20.1. The summed E-state index contributed by atoms with van der Waals surface area (Å²) in [6.07, 6.45) is 1.19. The van der Waals surface area contributed by atoms with E-state index in [1.54, 1.807) is 6.07 Å². The van der Waals surface area contributed by atoms with Gasteiger partial charge in [0, 0.05) is 25.2 Å². The summed E-state index contributed by atoms with van der Waals surface area (Å²) in [6.45, 7) is 6.71. The number of benzene rings is 2. The molecule has 0 fully saturated rings. The van der Waals surface area contributed by atoms with E-state index in [-0.39, 0.29) is 19.0 Å². The number of carbonyl (C=O) groups is 1. The molecule has 0 aliphatic carbocycles. The first-order valence-corrected chi connectivity index (χ1v) is 10.4. The number of sulfonamides is 1. The quantitative estimate of drug-likeness (QED) is 0.810. The molecule has 2 aromatic carbocycles. The fraction of sp³-hybridized carbons (Fsp3) is 0.350. The zero-order valence-electron chi connectivity index (χ0n) is 15.7. The van der Waals surface area contributed by atoms with Crippen molar-refractivity contribution in [2.24, 2.45) is 0 Å². The molecule has 26 heavy (non-hydrogen) atoms. The molecule has 0 radical (unpaired) electrons. The van der Waals surface area contributed by atoms with E-state index in [1.165, 1.54) is 10.6 Å². The van der Waals surface area contributed by atoms with Crippen molar-refractivity contribution >= 4 is 15.9 Å². The number of carbonyl (C=O) groups excluding carboxylic acids is 1.